The summed E-state index contributed by atoms with van der Waals surface area (Å²) in [5.41, 5.74) is 10.0. The van der Waals surface area contributed by atoms with E-state index in [-0.39, 0.29) is 6.42 Å². The van der Waals surface area contributed by atoms with E-state index in [0.29, 0.717) is 17.1 Å². The zero-order chi connectivity index (χ0) is 29.0. The van der Waals surface area contributed by atoms with Gasteiger partial charge in [-0.25, -0.2) is 14.8 Å². The number of nitrogens with two attached hydrogens (primary N) is 1. The molecule has 0 fully saturated rings. The molecule has 1 unspecified atom stereocenters. The van der Waals surface area contributed by atoms with Crippen LogP contribution in [0.2, 0.25) is 0 Å². The number of carbonyl (C=O) groups is 2. The standard InChI is InChI=1S/C33H36N4O4/c1-2-3-4-5-6-19-41-29-17-13-24(14-18-29)27-21-35-31(36-22-27)25-9-7-23(8-10-25)20-30(33(39)40)37-32(38)26-11-15-28(34)16-12-26/h7-18,21-22,30H,2-6,19-20,34H2,1H3,(H,37,38)(H,39,40). The molecule has 0 aliphatic rings. The van der Waals surface area contributed by atoms with Crippen molar-refractivity contribution in [1.29, 1.82) is 0 Å². The Labute approximate surface area is 240 Å². The molecule has 4 aromatic rings. The summed E-state index contributed by atoms with van der Waals surface area (Å²) in [4.78, 5) is 33.4. The number of unbranched alkanes of at least 4 members (excludes halogenated alkanes) is 4. The molecule has 0 aliphatic heterocycles. The van der Waals surface area contributed by atoms with Gasteiger partial charge in [-0.2, -0.15) is 0 Å². The van der Waals surface area contributed by atoms with Gasteiger partial charge in [0.1, 0.15) is 11.8 Å². The molecular weight excluding hydrogens is 516 g/mol. The fraction of sp³-hybridized carbons (Fsp3) is 0.273. The Hall–Kier alpha value is -4.72. The first-order valence-electron chi connectivity index (χ1n) is 14.0. The van der Waals surface area contributed by atoms with Gasteiger partial charge in [-0.3, -0.25) is 4.79 Å². The minimum Gasteiger partial charge on any atom is -0.494 e. The molecule has 3 aromatic carbocycles. The van der Waals surface area contributed by atoms with Crippen LogP contribution in [0.5, 0.6) is 5.75 Å². The summed E-state index contributed by atoms with van der Waals surface area (Å²) in [6, 6.07) is 20.5. The van der Waals surface area contributed by atoms with E-state index in [1.165, 1.54) is 25.7 Å². The molecule has 1 amide bonds. The van der Waals surface area contributed by atoms with Crippen LogP contribution in [0.15, 0.2) is 85.2 Å². The van der Waals surface area contributed by atoms with Crippen LogP contribution in [0.3, 0.4) is 0 Å². The lowest BCUT2D eigenvalue weighted by Gasteiger charge is -2.15. The highest BCUT2D eigenvalue weighted by atomic mass is 16.5. The maximum Gasteiger partial charge on any atom is 0.326 e. The van der Waals surface area contributed by atoms with Crippen LogP contribution >= 0.6 is 0 Å². The summed E-state index contributed by atoms with van der Waals surface area (Å²) in [5.74, 6) is -0.159. The maximum absolute atomic E-state index is 12.5. The number of benzene rings is 3. The molecule has 212 valence electrons. The molecule has 0 spiro atoms. The van der Waals surface area contributed by atoms with E-state index in [1.54, 1.807) is 36.7 Å². The quantitative estimate of drug-likeness (QED) is 0.126. The summed E-state index contributed by atoms with van der Waals surface area (Å²) in [6.45, 7) is 2.94. The van der Waals surface area contributed by atoms with Gasteiger partial charge < -0.3 is 20.9 Å². The van der Waals surface area contributed by atoms with Gasteiger partial charge in [-0.05, 0) is 53.9 Å². The van der Waals surface area contributed by atoms with Crippen LogP contribution in [0.4, 0.5) is 5.69 Å². The number of anilines is 1. The number of ether oxygens (including phenoxy) is 1. The van der Waals surface area contributed by atoms with E-state index in [1.807, 2.05) is 48.5 Å². The number of nitrogen functional groups attached to an aromatic ring is 1. The van der Waals surface area contributed by atoms with Gasteiger partial charge in [0.2, 0.25) is 0 Å². The second kappa shape index (κ2) is 14.6. The average molecular weight is 553 g/mol. The number of rotatable bonds is 14. The van der Waals surface area contributed by atoms with E-state index in [2.05, 4.69) is 22.2 Å². The fourth-order valence-corrected chi connectivity index (χ4v) is 4.37. The van der Waals surface area contributed by atoms with Gasteiger partial charge in [0.05, 0.1) is 6.61 Å². The van der Waals surface area contributed by atoms with Crippen molar-refractivity contribution in [2.24, 2.45) is 0 Å². The molecule has 8 nitrogen and oxygen atoms in total. The van der Waals surface area contributed by atoms with Crippen molar-refractivity contribution < 1.29 is 19.4 Å². The lowest BCUT2D eigenvalue weighted by atomic mass is 10.0. The molecular formula is C33H36N4O4. The highest BCUT2D eigenvalue weighted by molar-refractivity contribution is 5.96. The van der Waals surface area contributed by atoms with Gasteiger partial charge in [0, 0.05) is 41.2 Å². The van der Waals surface area contributed by atoms with Crippen LogP contribution in [-0.2, 0) is 11.2 Å². The average Bonchev–Trinajstić information content (AvgIpc) is 2.99. The number of hydrogen-bond acceptors (Lipinski definition) is 6. The fourth-order valence-electron chi connectivity index (χ4n) is 4.37. The van der Waals surface area contributed by atoms with Gasteiger partial charge in [-0.1, -0.05) is 69.0 Å². The van der Waals surface area contributed by atoms with Crippen LogP contribution in [-0.4, -0.2) is 39.6 Å². The van der Waals surface area contributed by atoms with Crippen LogP contribution < -0.4 is 15.8 Å². The van der Waals surface area contributed by atoms with Crippen molar-refractivity contribution in [1.82, 2.24) is 15.3 Å². The molecule has 0 saturated carbocycles. The summed E-state index contributed by atoms with van der Waals surface area (Å²) in [7, 11) is 0. The highest BCUT2D eigenvalue weighted by Gasteiger charge is 2.21. The number of nitrogens with one attached hydrogen (secondary N) is 1. The topological polar surface area (TPSA) is 127 Å². The highest BCUT2D eigenvalue weighted by Crippen LogP contribution is 2.24. The summed E-state index contributed by atoms with van der Waals surface area (Å²) in [5, 5.41) is 12.2. The van der Waals surface area contributed by atoms with Gasteiger partial charge >= 0.3 is 5.97 Å². The van der Waals surface area contributed by atoms with Crippen LogP contribution in [0, 0.1) is 0 Å². The normalized spacial score (nSPS) is 11.5. The minimum atomic E-state index is -1.11. The number of carboxylic acids is 1. The molecule has 4 rings (SSSR count). The predicted molar refractivity (Wildman–Crippen MR) is 161 cm³/mol. The Balaban J connectivity index is 1.32. The van der Waals surface area contributed by atoms with E-state index in [0.717, 1.165) is 41.0 Å². The first-order chi connectivity index (χ1) is 19.9. The third-order valence-electron chi connectivity index (χ3n) is 6.78. The van der Waals surface area contributed by atoms with E-state index >= 15 is 0 Å². The zero-order valence-corrected chi connectivity index (χ0v) is 23.3. The third kappa shape index (κ3) is 8.63. The first kappa shape index (κ1) is 29.3. The second-order valence-electron chi connectivity index (χ2n) is 9.97. The Morgan fingerprint density at radius 3 is 2.10 bits per heavy atom. The molecule has 0 radical (unpaired) electrons. The Morgan fingerprint density at radius 2 is 1.46 bits per heavy atom. The molecule has 41 heavy (non-hydrogen) atoms. The smallest absolute Gasteiger partial charge is 0.326 e. The van der Waals surface area contributed by atoms with E-state index < -0.39 is 17.9 Å². The number of amides is 1. The lowest BCUT2D eigenvalue weighted by molar-refractivity contribution is -0.139. The molecule has 1 heterocycles. The van der Waals surface area contributed by atoms with Crippen molar-refractivity contribution in [2.75, 3.05) is 12.3 Å². The molecule has 1 aromatic heterocycles. The van der Waals surface area contributed by atoms with Gasteiger partial charge in [0.25, 0.3) is 5.91 Å². The van der Waals surface area contributed by atoms with Crippen molar-refractivity contribution >= 4 is 17.6 Å². The van der Waals surface area contributed by atoms with E-state index in [4.69, 9.17) is 10.5 Å². The number of nitrogens with zero attached hydrogens (tertiary/aromatic N) is 2. The zero-order valence-electron chi connectivity index (χ0n) is 23.3. The molecule has 4 N–H and O–H groups in total. The maximum atomic E-state index is 12.5. The van der Waals surface area contributed by atoms with Crippen molar-refractivity contribution in [3.05, 3.63) is 96.3 Å². The third-order valence-corrected chi connectivity index (χ3v) is 6.78. The first-order valence-corrected chi connectivity index (χ1v) is 14.0. The number of carbonyl (C=O) groups excluding carboxylic acids is 1. The second-order valence-corrected chi connectivity index (χ2v) is 9.97. The largest absolute Gasteiger partial charge is 0.494 e. The van der Waals surface area contributed by atoms with Crippen LogP contribution in [0.25, 0.3) is 22.5 Å². The molecule has 0 aliphatic carbocycles. The Morgan fingerprint density at radius 1 is 0.829 bits per heavy atom. The van der Waals surface area contributed by atoms with Crippen molar-refractivity contribution in [2.45, 2.75) is 51.5 Å². The number of carboxylic acid groups (broad SMARTS) is 1. The van der Waals surface area contributed by atoms with Gasteiger partial charge in [0.15, 0.2) is 5.82 Å². The lowest BCUT2D eigenvalue weighted by Crippen LogP contribution is -2.42. The summed E-state index contributed by atoms with van der Waals surface area (Å²) in [6.07, 6.45) is 9.75. The summed E-state index contributed by atoms with van der Waals surface area (Å²) >= 11 is 0. The number of aliphatic carboxylic acids is 1. The molecule has 0 saturated heterocycles. The van der Waals surface area contributed by atoms with Crippen molar-refractivity contribution in [3.63, 3.8) is 0 Å². The Kier molecular flexibility index (Phi) is 10.4. The monoisotopic (exact) mass is 552 g/mol. The minimum absolute atomic E-state index is 0.134. The predicted octanol–water partition coefficient (Wildman–Crippen LogP) is 6.17. The number of aromatic nitrogens is 2. The molecule has 1 atom stereocenters. The van der Waals surface area contributed by atoms with E-state index in [9.17, 15) is 14.7 Å². The molecule has 8 heteroatoms. The summed E-state index contributed by atoms with van der Waals surface area (Å²) < 4.78 is 5.86. The number of hydrogen-bond donors (Lipinski definition) is 3. The van der Waals surface area contributed by atoms with Crippen molar-refractivity contribution in [3.8, 4) is 28.3 Å². The molecule has 0 bridgehead atoms. The van der Waals surface area contributed by atoms with Gasteiger partial charge in [-0.15, -0.1) is 0 Å². The SMILES string of the molecule is CCCCCCCOc1ccc(-c2cnc(-c3ccc(CC(NC(=O)c4ccc(N)cc4)C(=O)O)cc3)nc2)cc1. The Bertz CT molecular complexity index is 1400. The van der Waals surface area contributed by atoms with Crippen LogP contribution in [0.1, 0.15) is 54.9 Å².